The highest BCUT2D eigenvalue weighted by Crippen LogP contribution is 2.24. The van der Waals surface area contributed by atoms with Gasteiger partial charge in [-0.15, -0.1) is 5.10 Å². The van der Waals surface area contributed by atoms with Crippen LogP contribution in [0.2, 0.25) is 0 Å². The number of rotatable bonds is 5. The molecular formula is C22H29N9O. The lowest BCUT2D eigenvalue weighted by atomic mass is 10.2. The molecule has 0 aliphatic carbocycles. The van der Waals surface area contributed by atoms with E-state index in [2.05, 4.69) is 54.8 Å². The summed E-state index contributed by atoms with van der Waals surface area (Å²) in [5.41, 5.74) is 3.62. The van der Waals surface area contributed by atoms with E-state index in [9.17, 15) is 4.79 Å². The molecule has 3 aromatic heterocycles. The Morgan fingerprint density at radius 3 is 2.84 bits per heavy atom. The minimum atomic E-state index is -0.343. The fourth-order valence-corrected chi connectivity index (χ4v) is 3.88. The smallest absolute Gasteiger partial charge is 0.239 e. The van der Waals surface area contributed by atoms with Crippen LogP contribution in [0, 0.1) is 6.92 Å². The fourth-order valence-electron chi connectivity index (χ4n) is 3.88. The molecule has 1 aliphatic heterocycles. The fraction of sp³-hybridized carbons (Fsp3) is 0.318. The molecule has 1 aromatic carbocycles. The van der Waals surface area contributed by atoms with Crippen LogP contribution in [0.15, 0.2) is 49.1 Å². The molecule has 32 heavy (non-hydrogen) atoms. The standard InChI is InChI=1S/C22H25N9O.2H2/c1-15-3-5-17(6-4-15)31-12-18-20(28-31)25-14-26-21(18)30-10-8-23-19(13-30)22(32)24-11-16-7-9-29(2)27-16;;/h3-7,9,12,14,19,23H,8,10-11,13H2,1-2H3,(H,24,32);2*1H. The minimum absolute atomic E-state index is 0. The van der Waals surface area contributed by atoms with Crippen LogP contribution in [-0.4, -0.2) is 61.1 Å². The number of nitrogens with zero attached hydrogens (tertiary/aromatic N) is 7. The third-order valence-corrected chi connectivity index (χ3v) is 5.60. The molecule has 1 amide bonds. The van der Waals surface area contributed by atoms with Crippen molar-refractivity contribution in [1.82, 2.24) is 40.2 Å². The third kappa shape index (κ3) is 4.04. The molecule has 0 saturated carbocycles. The van der Waals surface area contributed by atoms with E-state index < -0.39 is 0 Å². The minimum Gasteiger partial charge on any atom is -0.353 e. The van der Waals surface area contributed by atoms with Crippen molar-refractivity contribution < 1.29 is 7.65 Å². The number of aryl methyl sites for hydroxylation is 2. The first-order valence-corrected chi connectivity index (χ1v) is 10.6. The molecule has 1 aliphatic rings. The monoisotopic (exact) mass is 435 g/mol. The number of hydrogen-bond acceptors (Lipinski definition) is 7. The molecule has 4 aromatic rings. The van der Waals surface area contributed by atoms with Crippen LogP contribution in [0.3, 0.4) is 0 Å². The molecule has 0 bridgehead atoms. The molecule has 0 spiro atoms. The van der Waals surface area contributed by atoms with Crippen molar-refractivity contribution in [3.05, 3.63) is 60.3 Å². The van der Waals surface area contributed by atoms with Gasteiger partial charge in [-0.3, -0.25) is 9.48 Å². The largest absolute Gasteiger partial charge is 0.353 e. The maximum absolute atomic E-state index is 12.8. The van der Waals surface area contributed by atoms with Crippen molar-refractivity contribution in [1.29, 1.82) is 0 Å². The topological polar surface area (TPSA) is 106 Å². The number of piperazine rings is 1. The van der Waals surface area contributed by atoms with Crippen LogP contribution < -0.4 is 15.5 Å². The van der Waals surface area contributed by atoms with Crippen molar-refractivity contribution >= 4 is 22.8 Å². The van der Waals surface area contributed by atoms with E-state index in [0.717, 1.165) is 29.1 Å². The second-order valence-electron chi connectivity index (χ2n) is 8.00. The highest BCUT2D eigenvalue weighted by Gasteiger charge is 2.27. The molecule has 168 valence electrons. The molecule has 4 heterocycles. The SMILES string of the molecule is Cc1ccc(-n2cc3c(N4CCNC(C(=O)NCc5ccn(C)n5)C4)ncnc3n2)cc1.[HH].[HH]. The van der Waals surface area contributed by atoms with Gasteiger partial charge in [-0.2, -0.15) is 5.10 Å². The summed E-state index contributed by atoms with van der Waals surface area (Å²) in [7, 11) is 1.86. The van der Waals surface area contributed by atoms with E-state index >= 15 is 0 Å². The van der Waals surface area contributed by atoms with Crippen molar-refractivity contribution in [2.45, 2.75) is 19.5 Å². The molecule has 10 heteroatoms. The Bertz CT molecular complexity index is 1250. The Balaban J connectivity index is 0.00000162. The number of anilines is 1. The number of fused-ring (bicyclic) bond motifs is 1. The number of amides is 1. The third-order valence-electron chi connectivity index (χ3n) is 5.60. The predicted octanol–water partition coefficient (Wildman–Crippen LogP) is 1.44. The predicted molar refractivity (Wildman–Crippen MR) is 125 cm³/mol. The summed E-state index contributed by atoms with van der Waals surface area (Å²) in [6, 6.07) is 9.72. The number of carbonyl (C=O) groups excluding carboxylic acids is 1. The number of aromatic nitrogens is 6. The molecule has 1 fully saturated rings. The Hall–Kier alpha value is -3.79. The molecule has 0 radical (unpaired) electrons. The van der Waals surface area contributed by atoms with Crippen LogP contribution in [0.1, 0.15) is 14.1 Å². The van der Waals surface area contributed by atoms with Gasteiger partial charge in [-0.05, 0) is 25.1 Å². The lowest BCUT2D eigenvalue weighted by molar-refractivity contribution is -0.123. The van der Waals surface area contributed by atoms with Gasteiger partial charge in [0.05, 0.1) is 23.3 Å². The van der Waals surface area contributed by atoms with E-state index in [1.165, 1.54) is 11.9 Å². The molecule has 2 N–H and O–H groups in total. The summed E-state index contributed by atoms with van der Waals surface area (Å²) in [6.45, 7) is 4.39. The number of carbonyl (C=O) groups is 1. The summed E-state index contributed by atoms with van der Waals surface area (Å²) in [4.78, 5) is 23.7. The Kier molecular flexibility index (Phi) is 5.28. The van der Waals surface area contributed by atoms with Crippen molar-refractivity contribution in [2.24, 2.45) is 7.05 Å². The number of benzene rings is 1. The van der Waals surface area contributed by atoms with Gasteiger partial charge in [-0.1, -0.05) is 17.7 Å². The maximum atomic E-state index is 12.8. The molecule has 1 atom stereocenters. The van der Waals surface area contributed by atoms with Gasteiger partial charge in [0.15, 0.2) is 5.65 Å². The van der Waals surface area contributed by atoms with Crippen molar-refractivity contribution in [3.8, 4) is 5.69 Å². The zero-order valence-corrected chi connectivity index (χ0v) is 18.1. The zero-order valence-electron chi connectivity index (χ0n) is 18.1. The Labute approximate surface area is 188 Å². The Morgan fingerprint density at radius 1 is 1.22 bits per heavy atom. The second-order valence-corrected chi connectivity index (χ2v) is 8.00. The quantitative estimate of drug-likeness (QED) is 0.489. The number of nitrogens with one attached hydrogen (secondary N) is 2. The van der Waals surface area contributed by atoms with Gasteiger partial charge in [0.2, 0.25) is 5.91 Å². The first kappa shape index (κ1) is 20.1. The van der Waals surface area contributed by atoms with Gasteiger partial charge >= 0.3 is 0 Å². The first-order valence-electron chi connectivity index (χ1n) is 10.6. The van der Waals surface area contributed by atoms with Crippen LogP contribution in [0.5, 0.6) is 0 Å². The van der Waals surface area contributed by atoms with E-state index in [4.69, 9.17) is 0 Å². The summed E-state index contributed by atoms with van der Waals surface area (Å²) >= 11 is 0. The van der Waals surface area contributed by atoms with Crippen molar-refractivity contribution in [2.75, 3.05) is 24.5 Å². The second kappa shape index (κ2) is 8.39. The van der Waals surface area contributed by atoms with Crippen LogP contribution in [-0.2, 0) is 18.4 Å². The van der Waals surface area contributed by atoms with Crippen LogP contribution >= 0.6 is 0 Å². The summed E-state index contributed by atoms with van der Waals surface area (Å²) in [6.07, 6.45) is 5.34. The lowest BCUT2D eigenvalue weighted by Gasteiger charge is -2.33. The average molecular weight is 436 g/mol. The van der Waals surface area contributed by atoms with Gasteiger partial charge in [0.25, 0.3) is 0 Å². The van der Waals surface area contributed by atoms with Crippen LogP contribution in [0.4, 0.5) is 5.82 Å². The number of hydrogen-bond donors (Lipinski definition) is 2. The summed E-state index contributed by atoms with van der Waals surface area (Å²) < 4.78 is 3.54. The van der Waals surface area contributed by atoms with Gasteiger partial charge in [0, 0.05) is 41.9 Å². The van der Waals surface area contributed by atoms with E-state index in [1.807, 2.05) is 42.3 Å². The molecule has 1 saturated heterocycles. The highest BCUT2D eigenvalue weighted by molar-refractivity contribution is 5.88. The van der Waals surface area contributed by atoms with Gasteiger partial charge < -0.3 is 15.5 Å². The highest BCUT2D eigenvalue weighted by atomic mass is 16.2. The maximum Gasteiger partial charge on any atom is 0.239 e. The van der Waals surface area contributed by atoms with E-state index in [-0.39, 0.29) is 14.8 Å². The lowest BCUT2D eigenvalue weighted by Crippen LogP contribution is -2.57. The summed E-state index contributed by atoms with van der Waals surface area (Å²) in [5, 5.41) is 16.1. The summed E-state index contributed by atoms with van der Waals surface area (Å²) in [5.74, 6) is 0.735. The first-order chi connectivity index (χ1) is 15.6. The van der Waals surface area contributed by atoms with Crippen LogP contribution in [0.25, 0.3) is 16.7 Å². The molecule has 10 nitrogen and oxygen atoms in total. The molecular weight excluding hydrogens is 406 g/mol. The van der Waals surface area contributed by atoms with Gasteiger partial charge in [-0.25, -0.2) is 14.6 Å². The Morgan fingerprint density at radius 2 is 2.06 bits per heavy atom. The van der Waals surface area contributed by atoms with E-state index in [1.54, 1.807) is 4.68 Å². The van der Waals surface area contributed by atoms with Crippen molar-refractivity contribution in [3.63, 3.8) is 0 Å². The molecule has 5 rings (SSSR count). The van der Waals surface area contributed by atoms with E-state index in [0.29, 0.717) is 25.3 Å². The molecule has 1 unspecified atom stereocenters. The average Bonchev–Trinajstić information content (AvgIpc) is 3.44. The van der Waals surface area contributed by atoms with Gasteiger partial charge in [0.1, 0.15) is 18.2 Å². The normalized spacial score (nSPS) is 16.4. The zero-order chi connectivity index (χ0) is 22.1.